The van der Waals surface area contributed by atoms with E-state index < -0.39 is 0 Å². The van der Waals surface area contributed by atoms with Crippen molar-refractivity contribution in [3.63, 3.8) is 0 Å². The summed E-state index contributed by atoms with van der Waals surface area (Å²) in [6.45, 7) is 5.75. The van der Waals surface area contributed by atoms with E-state index in [-0.39, 0.29) is 5.91 Å². The number of thiophene rings is 1. The molecule has 2 aromatic carbocycles. The largest absolute Gasteiger partial charge is 0.488 e. The molecule has 1 fully saturated rings. The van der Waals surface area contributed by atoms with Gasteiger partial charge < -0.3 is 9.64 Å². The molecular weight excluding hydrogens is 416 g/mol. The summed E-state index contributed by atoms with van der Waals surface area (Å²) in [4.78, 5) is 19.5. The number of ether oxygens (including phenoxy) is 1. The fourth-order valence-electron chi connectivity index (χ4n) is 4.25. The van der Waals surface area contributed by atoms with Crippen LogP contribution in [0.5, 0.6) is 5.75 Å². The highest BCUT2D eigenvalue weighted by Gasteiger charge is 2.28. The maximum atomic E-state index is 13.3. The van der Waals surface area contributed by atoms with E-state index in [1.807, 2.05) is 41.3 Å². The van der Waals surface area contributed by atoms with Crippen molar-refractivity contribution in [3.05, 3.63) is 75.1 Å². The highest BCUT2D eigenvalue weighted by atomic mass is 35.5. The van der Waals surface area contributed by atoms with Gasteiger partial charge in [0.05, 0.1) is 11.5 Å². The molecule has 2 aliphatic rings. The molecule has 0 N–H and O–H groups in total. The summed E-state index contributed by atoms with van der Waals surface area (Å²) in [6.07, 6.45) is 0.965. The second-order valence-corrected chi connectivity index (χ2v) is 9.37. The third-order valence-corrected chi connectivity index (χ3v) is 7.33. The van der Waals surface area contributed by atoms with E-state index in [0.717, 1.165) is 58.4 Å². The van der Waals surface area contributed by atoms with Crippen LogP contribution in [0.2, 0.25) is 5.02 Å². The molecule has 0 aliphatic carbocycles. The standard InChI is InChI=1S/C24H23ClN2O2S/c1-16-6-4-9-20-22(16)23-18(14-29-20)12-21(30-23)24(28)27-11-5-10-26(15-27)13-17-7-2-3-8-19(17)25/h2-4,6-9,12H,5,10-11,13-15H2,1H3. The lowest BCUT2D eigenvalue weighted by molar-refractivity contribution is 0.0484. The van der Waals surface area contributed by atoms with Crippen LogP contribution in [0.1, 0.15) is 32.8 Å². The van der Waals surface area contributed by atoms with E-state index in [0.29, 0.717) is 13.3 Å². The minimum atomic E-state index is 0.105. The molecule has 1 amide bonds. The lowest BCUT2D eigenvalue weighted by Gasteiger charge is -2.35. The van der Waals surface area contributed by atoms with E-state index in [1.54, 1.807) is 11.3 Å². The maximum absolute atomic E-state index is 13.3. The number of hydrogen-bond acceptors (Lipinski definition) is 4. The molecule has 1 saturated heterocycles. The van der Waals surface area contributed by atoms with Crippen LogP contribution in [-0.2, 0) is 13.2 Å². The average Bonchev–Trinajstić information content (AvgIpc) is 3.19. The molecule has 0 unspecified atom stereocenters. The van der Waals surface area contributed by atoms with Crippen LogP contribution in [0.4, 0.5) is 0 Å². The van der Waals surface area contributed by atoms with Crippen molar-refractivity contribution < 1.29 is 9.53 Å². The van der Waals surface area contributed by atoms with Gasteiger partial charge >= 0.3 is 0 Å². The molecule has 0 radical (unpaired) electrons. The van der Waals surface area contributed by atoms with Gasteiger partial charge in [0.15, 0.2) is 0 Å². The first-order valence-electron chi connectivity index (χ1n) is 10.2. The van der Waals surface area contributed by atoms with Crippen LogP contribution < -0.4 is 4.74 Å². The number of carbonyl (C=O) groups is 1. The molecule has 0 bridgehead atoms. The van der Waals surface area contributed by atoms with Crippen molar-refractivity contribution in [1.82, 2.24) is 9.80 Å². The normalized spacial score (nSPS) is 16.0. The zero-order valence-corrected chi connectivity index (χ0v) is 18.4. The van der Waals surface area contributed by atoms with Crippen LogP contribution in [0.25, 0.3) is 10.4 Å². The molecule has 1 aromatic heterocycles. The van der Waals surface area contributed by atoms with Gasteiger partial charge in [-0.05, 0) is 42.7 Å². The Hall–Kier alpha value is -2.34. The molecule has 6 heteroatoms. The lowest BCUT2D eigenvalue weighted by atomic mass is 10.0. The molecule has 4 nitrogen and oxygen atoms in total. The quantitative estimate of drug-likeness (QED) is 0.535. The summed E-state index contributed by atoms with van der Waals surface area (Å²) in [7, 11) is 0. The van der Waals surface area contributed by atoms with Crippen LogP contribution >= 0.6 is 22.9 Å². The van der Waals surface area contributed by atoms with Crippen molar-refractivity contribution >= 4 is 28.8 Å². The third kappa shape index (κ3) is 3.62. The fraction of sp³-hybridized carbons (Fsp3) is 0.292. The van der Waals surface area contributed by atoms with Gasteiger partial charge in [-0.3, -0.25) is 9.69 Å². The minimum Gasteiger partial charge on any atom is -0.488 e. The highest BCUT2D eigenvalue weighted by molar-refractivity contribution is 7.17. The van der Waals surface area contributed by atoms with Gasteiger partial charge in [-0.25, -0.2) is 0 Å². The Morgan fingerprint density at radius 3 is 2.90 bits per heavy atom. The number of rotatable bonds is 3. The summed E-state index contributed by atoms with van der Waals surface area (Å²) in [6, 6.07) is 16.1. The molecular formula is C24H23ClN2O2S. The first-order valence-corrected chi connectivity index (χ1v) is 11.4. The number of fused-ring (bicyclic) bond motifs is 3. The van der Waals surface area contributed by atoms with Crippen LogP contribution in [-0.4, -0.2) is 35.5 Å². The van der Waals surface area contributed by atoms with Crippen LogP contribution in [0, 0.1) is 6.92 Å². The van der Waals surface area contributed by atoms with E-state index in [9.17, 15) is 4.79 Å². The molecule has 2 aliphatic heterocycles. The van der Waals surface area contributed by atoms with E-state index in [4.69, 9.17) is 16.3 Å². The van der Waals surface area contributed by atoms with Gasteiger partial charge in [-0.2, -0.15) is 0 Å². The molecule has 0 saturated carbocycles. The Labute approximate surface area is 185 Å². The monoisotopic (exact) mass is 438 g/mol. The third-order valence-electron chi connectivity index (χ3n) is 5.78. The molecule has 5 rings (SSSR count). The second kappa shape index (κ2) is 8.06. The molecule has 0 atom stereocenters. The predicted molar refractivity (Wildman–Crippen MR) is 121 cm³/mol. The molecule has 3 aromatic rings. The number of hydrogen-bond donors (Lipinski definition) is 0. The highest BCUT2D eigenvalue weighted by Crippen LogP contribution is 2.44. The van der Waals surface area contributed by atoms with E-state index in [1.165, 1.54) is 10.4 Å². The van der Waals surface area contributed by atoms with Crippen molar-refractivity contribution in [2.75, 3.05) is 19.8 Å². The zero-order chi connectivity index (χ0) is 20.7. The Kier molecular flexibility index (Phi) is 5.27. The number of nitrogens with zero attached hydrogens (tertiary/aromatic N) is 2. The molecule has 3 heterocycles. The average molecular weight is 439 g/mol. The van der Waals surface area contributed by atoms with Gasteiger partial charge in [0.25, 0.3) is 5.91 Å². The zero-order valence-electron chi connectivity index (χ0n) is 16.9. The fourth-order valence-corrected chi connectivity index (χ4v) is 5.69. The van der Waals surface area contributed by atoms with Crippen LogP contribution in [0.15, 0.2) is 48.5 Å². The SMILES string of the molecule is Cc1cccc2c1-c1sc(C(=O)N3CCCN(Cc4ccccc4Cl)C3)cc1CO2. The number of halogens is 1. The van der Waals surface area contributed by atoms with Gasteiger partial charge in [0.1, 0.15) is 12.4 Å². The molecule has 0 spiro atoms. The maximum Gasteiger partial charge on any atom is 0.264 e. The summed E-state index contributed by atoms with van der Waals surface area (Å²) < 4.78 is 5.92. The Balaban J connectivity index is 1.36. The smallest absolute Gasteiger partial charge is 0.264 e. The lowest BCUT2D eigenvalue weighted by Crippen LogP contribution is -2.46. The Bertz CT molecular complexity index is 1110. The van der Waals surface area contributed by atoms with Gasteiger partial charge in [-0.1, -0.05) is 41.9 Å². The minimum absolute atomic E-state index is 0.105. The number of carbonyl (C=O) groups excluding carboxylic acids is 1. The topological polar surface area (TPSA) is 32.8 Å². The summed E-state index contributed by atoms with van der Waals surface area (Å²) in [5.74, 6) is 1.01. The predicted octanol–water partition coefficient (Wildman–Crippen LogP) is 5.57. The van der Waals surface area contributed by atoms with Crippen molar-refractivity contribution in [1.29, 1.82) is 0 Å². The van der Waals surface area contributed by atoms with E-state index in [2.05, 4.69) is 24.0 Å². The Morgan fingerprint density at radius 1 is 1.17 bits per heavy atom. The first-order chi connectivity index (χ1) is 14.6. The summed E-state index contributed by atoms with van der Waals surface area (Å²) in [5, 5.41) is 0.779. The van der Waals surface area contributed by atoms with Gasteiger partial charge in [-0.15, -0.1) is 11.3 Å². The van der Waals surface area contributed by atoms with Crippen LogP contribution in [0.3, 0.4) is 0 Å². The number of amides is 1. The molecule has 30 heavy (non-hydrogen) atoms. The first kappa shape index (κ1) is 19.6. The Morgan fingerprint density at radius 2 is 2.03 bits per heavy atom. The summed E-state index contributed by atoms with van der Waals surface area (Å²) in [5.41, 5.74) is 4.51. The van der Waals surface area contributed by atoms with Crippen molar-refractivity contribution in [3.8, 4) is 16.2 Å². The second-order valence-electron chi connectivity index (χ2n) is 7.91. The molecule has 154 valence electrons. The number of aryl methyl sites for hydroxylation is 1. The number of benzene rings is 2. The van der Waals surface area contributed by atoms with E-state index >= 15 is 0 Å². The summed E-state index contributed by atoms with van der Waals surface area (Å²) >= 11 is 7.92. The van der Waals surface area contributed by atoms with Gasteiger partial charge in [0.2, 0.25) is 0 Å². The van der Waals surface area contributed by atoms with Gasteiger partial charge in [0, 0.05) is 40.7 Å². The van der Waals surface area contributed by atoms with Crippen molar-refractivity contribution in [2.45, 2.75) is 26.5 Å². The van der Waals surface area contributed by atoms with Crippen molar-refractivity contribution in [2.24, 2.45) is 0 Å².